The van der Waals surface area contributed by atoms with E-state index in [1.165, 1.54) is 31.6 Å². The average molecular weight is 432 g/mol. The van der Waals surface area contributed by atoms with Gasteiger partial charge in [-0.3, -0.25) is 0 Å². The summed E-state index contributed by atoms with van der Waals surface area (Å²) in [7, 11) is -2.98. The van der Waals surface area contributed by atoms with Crippen LogP contribution in [0.3, 0.4) is 0 Å². The topological polar surface area (TPSA) is 143 Å². The van der Waals surface area contributed by atoms with E-state index in [0.29, 0.717) is 0 Å². The molecule has 2 N–H and O–H groups in total. The maximum absolute atomic E-state index is 12.5. The number of pyridine rings is 1. The van der Waals surface area contributed by atoms with E-state index >= 15 is 0 Å². The van der Waals surface area contributed by atoms with Crippen LogP contribution in [0.2, 0.25) is 0 Å². The van der Waals surface area contributed by atoms with Crippen molar-refractivity contribution in [2.24, 2.45) is 5.41 Å². The molecule has 1 aliphatic heterocycles. The second-order valence-electron chi connectivity index (χ2n) is 6.85. The molecule has 0 aliphatic carbocycles. The van der Waals surface area contributed by atoms with Crippen LogP contribution < -0.4 is 5.32 Å². The first-order valence-corrected chi connectivity index (χ1v) is 10.4. The zero-order valence-corrected chi connectivity index (χ0v) is 17.4. The summed E-state index contributed by atoms with van der Waals surface area (Å²) in [5.41, 5.74) is -0.516. The Morgan fingerprint density at radius 2 is 2.03 bits per heavy atom. The number of hydrogen-bond acceptors (Lipinski definition) is 10. The second-order valence-corrected chi connectivity index (χ2v) is 8.71. The standard InChI is InChI=1S/C17H25N2O9P/c1-17(2)10-26-29(23,27-11-25-16(22)12-4-7-18-8-5-12)28-14(17)15(21)19-9-6-13(20)24-3/h4-5,7-8,14,23,29H,6,9-11H2,1-3H3,(H,19,21)/t14-/m0/s1. The van der Waals surface area contributed by atoms with E-state index in [2.05, 4.69) is 15.0 Å². The third-order valence-electron chi connectivity index (χ3n) is 4.04. The van der Waals surface area contributed by atoms with Crippen molar-refractivity contribution in [2.45, 2.75) is 26.4 Å². The number of carbonyl (C=O) groups is 3. The van der Waals surface area contributed by atoms with Crippen LogP contribution in [-0.2, 0) is 32.6 Å². The van der Waals surface area contributed by atoms with Gasteiger partial charge in [0.05, 0.1) is 0 Å². The van der Waals surface area contributed by atoms with Crippen molar-refractivity contribution in [3.05, 3.63) is 30.1 Å². The molecule has 0 unspecified atom stereocenters. The maximum atomic E-state index is 12.5. The van der Waals surface area contributed by atoms with Crippen LogP contribution in [0.1, 0.15) is 30.6 Å². The molecule has 2 rings (SSSR count). The number of esters is 2. The number of nitrogens with one attached hydrogen (secondary N) is 1. The van der Waals surface area contributed by atoms with Crippen LogP contribution in [0, 0.1) is 5.41 Å². The van der Waals surface area contributed by atoms with Crippen molar-refractivity contribution < 1.29 is 42.3 Å². The van der Waals surface area contributed by atoms with Crippen molar-refractivity contribution in [1.82, 2.24) is 10.3 Å². The SMILES string of the molecule is COC(=O)CCNC(=O)[C@@H]1O[PH](O)(OCOC(=O)c2ccncc2)OCC1(C)C. The second kappa shape index (κ2) is 10.0. The summed E-state index contributed by atoms with van der Waals surface area (Å²) >= 11 is 0. The van der Waals surface area contributed by atoms with E-state index in [0.717, 1.165) is 0 Å². The van der Waals surface area contributed by atoms with Crippen LogP contribution in [0.25, 0.3) is 0 Å². The molecular formula is C17H25N2O9P. The summed E-state index contributed by atoms with van der Waals surface area (Å²) in [4.78, 5) is 49.8. The molecule has 162 valence electrons. The molecule has 29 heavy (non-hydrogen) atoms. The minimum absolute atomic E-state index is 0.00492. The van der Waals surface area contributed by atoms with E-state index in [1.807, 2.05) is 0 Å². The molecule has 1 amide bonds. The first kappa shape index (κ1) is 23.1. The zero-order valence-electron chi connectivity index (χ0n) is 16.4. The van der Waals surface area contributed by atoms with Crippen LogP contribution >= 0.6 is 8.17 Å². The van der Waals surface area contributed by atoms with Crippen molar-refractivity contribution in [1.29, 1.82) is 0 Å². The van der Waals surface area contributed by atoms with Gasteiger partial charge in [-0.15, -0.1) is 0 Å². The number of amides is 1. The quantitative estimate of drug-likeness (QED) is 0.343. The number of hydrogen-bond donors (Lipinski definition) is 2. The first-order chi connectivity index (χ1) is 13.7. The molecule has 1 aromatic heterocycles. The molecule has 1 aromatic rings. The Hall–Kier alpha value is -2.17. The van der Waals surface area contributed by atoms with Crippen LogP contribution in [0.4, 0.5) is 0 Å². The van der Waals surface area contributed by atoms with Crippen molar-refractivity contribution in [3.63, 3.8) is 0 Å². The van der Waals surface area contributed by atoms with Crippen molar-refractivity contribution in [3.8, 4) is 0 Å². The average Bonchev–Trinajstić information content (AvgIpc) is 2.70. The number of ether oxygens (including phenoxy) is 2. The number of methoxy groups -OCH3 is 1. The molecule has 0 bridgehead atoms. The van der Waals surface area contributed by atoms with Gasteiger partial charge in [0.1, 0.15) is 0 Å². The van der Waals surface area contributed by atoms with Gasteiger partial charge in [-0.2, -0.15) is 0 Å². The van der Waals surface area contributed by atoms with E-state index in [-0.39, 0.29) is 25.1 Å². The van der Waals surface area contributed by atoms with Crippen molar-refractivity contribution >= 4 is 26.0 Å². The summed E-state index contributed by atoms with van der Waals surface area (Å²) in [6.07, 6.45) is 1.76. The third-order valence-corrected chi connectivity index (χ3v) is 5.57. The fourth-order valence-electron chi connectivity index (χ4n) is 2.39. The predicted molar refractivity (Wildman–Crippen MR) is 100 cm³/mol. The molecule has 1 saturated heterocycles. The predicted octanol–water partition coefficient (Wildman–Crippen LogP) is 0.736. The van der Waals surface area contributed by atoms with Gasteiger partial charge in [-0.1, -0.05) is 0 Å². The van der Waals surface area contributed by atoms with Gasteiger partial charge < -0.3 is 0 Å². The van der Waals surface area contributed by atoms with Gasteiger partial charge in [-0.05, 0) is 0 Å². The fraction of sp³-hybridized carbons (Fsp3) is 0.529. The minimum atomic E-state index is -4.23. The third kappa shape index (κ3) is 6.69. The Kier molecular flexibility index (Phi) is 8.00. The summed E-state index contributed by atoms with van der Waals surface area (Å²) in [6, 6.07) is 2.92. The molecular weight excluding hydrogens is 407 g/mol. The fourth-order valence-corrected chi connectivity index (χ4v) is 4.10. The molecule has 11 nitrogen and oxygen atoms in total. The Bertz CT molecular complexity index is 731. The Morgan fingerprint density at radius 1 is 1.34 bits per heavy atom. The van der Waals surface area contributed by atoms with Gasteiger partial charge >= 0.3 is 168 Å². The molecule has 0 spiro atoms. The zero-order chi connectivity index (χ0) is 21.5. The normalized spacial score (nSPS) is 20.9. The van der Waals surface area contributed by atoms with Gasteiger partial charge in [0.15, 0.2) is 0 Å². The van der Waals surface area contributed by atoms with E-state index in [1.54, 1.807) is 13.8 Å². The summed E-state index contributed by atoms with van der Waals surface area (Å²) < 4.78 is 25.3. The molecule has 1 atom stereocenters. The first-order valence-electron chi connectivity index (χ1n) is 8.77. The Labute approximate surface area is 168 Å². The van der Waals surface area contributed by atoms with Gasteiger partial charge in [0.25, 0.3) is 0 Å². The summed E-state index contributed by atoms with van der Waals surface area (Å²) in [6.45, 7) is 2.83. The van der Waals surface area contributed by atoms with Crippen LogP contribution in [-0.4, -0.2) is 60.9 Å². The van der Waals surface area contributed by atoms with Gasteiger partial charge in [0.2, 0.25) is 0 Å². The number of carbonyl (C=O) groups excluding carboxylic acids is 3. The van der Waals surface area contributed by atoms with Gasteiger partial charge in [-0.25, -0.2) is 0 Å². The number of aromatic nitrogens is 1. The van der Waals surface area contributed by atoms with E-state index in [9.17, 15) is 19.3 Å². The molecule has 12 heteroatoms. The number of rotatable bonds is 8. The molecule has 0 saturated carbocycles. The van der Waals surface area contributed by atoms with Crippen molar-refractivity contribution in [2.75, 3.05) is 27.1 Å². The number of nitrogens with zero attached hydrogens (tertiary/aromatic N) is 1. The molecule has 0 radical (unpaired) electrons. The Morgan fingerprint density at radius 3 is 2.69 bits per heavy atom. The van der Waals surface area contributed by atoms with E-state index in [4.69, 9.17) is 18.3 Å². The molecule has 1 aliphatic rings. The summed E-state index contributed by atoms with van der Waals surface area (Å²) in [5.74, 6) is -1.69. The van der Waals surface area contributed by atoms with Crippen LogP contribution in [0.5, 0.6) is 0 Å². The Balaban J connectivity index is 1.89. The molecule has 1 fully saturated rings. The van der Waals surface area contributed by atoms with Crippen LogP contribution in [0.15, 0.2) is 24.5 Å². The monoisotopic (exact) mass is 432 g/mol. The summed E-state index contributed by atoms with van der Waals surface area (Å²) in [5, 5.41) is 2.55. The molecule has 0 aromatic carbocycles. The van der Waals surface area contributed by atoms with E-state index < -0.39 is 44.3 Å². The van der Waals surface area contributed by atoms with Gasteiger partial charge in [0, 0.05) is 0 Å². The molecule has 2 heterocycles.